The first kappa shape index (κ1) is 18.9. The van der Waals surface area contributed by atoms with Crippen molar-refractivity contribution in [2.24, 2.45) is 0 Å². The molecule has 0 bridgehead atoms. The van der Waals surface area contributed by atoms with Gasteiger partial charge in [0.05, 0.1) is 17.2 Å². The maximum Gasteiger partial charge on any atom is 0.348 e. The molecule has 0 aliphatic heterocycles. The lowest BCUT2D eigenvalue weighted by Gasteiger charge is -2.13. The van der Waals surface area contributed by atoms with Crippen molar-refractivity contribution in [2.75, 3.05) is 13.2 Å². The zero-order valence-corrected chi connectivity index (χ0v) is 13.7. The van der Waals surface area contributed by atoms with Crippen molar-refractivity contribution in [1.29, 1.82) is 0 Å². The van der Waals surface area contributed by atoms with Crippen molar-refractivity contribution in [3.63, 3.8) is 0 Å². The molecular formula is C15H16ClFO6. The SMILES string of the molecule is CCOC(=O)COc1cc(C(=O)OC(C)=O)c(F)c(CC)c1Cl. The molecule has 0 aliphatic rings. The van der Waals surface area contributed by atoms with E-state index in [0.717, 1.165) is 13.0 Å². The smallest absolute Gasteiger partial charge is 0.348 e. The van der Waals surface area contributed by atoms with Gasteiger partial charge in [0.2, 0.25) is 0 Å². The van der Waals surface area contributed by atoms with Gasteiger partial charge in [0.15, 0.2) is 6.61 Å². The third-order valence-corrected chi connectivity index (χ3v) is 3.13. The first-order valence-electron chi connectivity index (χ1n) is 6.83. The highest BCUT2D eigenvalue weighted by Crippen LogP contribution is 2.33. The van der Waals surface area contributed by atoms with Gasteiger partial charge in [0, 0.05) is 12.5 Å². The molecule has 0 radical (unpaired) electrons. The molecule has 6 nitrogen and oxygen atoms in total. The Hall–Kier alpha value is -2.15. The zero-order chi connectivity index (χ0) is 17.6. The van der Waals surface area contributed by atoms with Gasteiger partial charge >= 0.3 is 17.9 Å². The molecule has 0 aromatic heterocycles. The number of rotatable bonds is 6. The van der Waals surface area contributed by atoms with Crippen molar-refractivity contribution in [3.8, 4) is 5.75 Å². The highest BCUT2D eigenvalue weighted by atomic mass is 35.5. The van der Waals surface area contributed by atoms with E-state index in [9.17, 15) is 18.8 Å². The number of halogens is 2. The van der Waals surface area contributed by atoms with E-state index in [1.807, 2.05) is 0 Å². The van der Waals surface area contributed by atoms with Crippen LogP contribution in [0.1, 0.15) is 36.7 Å². The quantitative estimate of drug-likeness (QED) is 0.582. The van der Waals surface area contributed by atoms with Crippen LogP contribution < -0.4 is 4.74 Å². The van der Waals surface area contributed by atoms with Crippen molar-refractivity contribution < 1.29 is 33.0 Å². The van der Waals surface area contributed by atoms with Crippen LogP contribution in [-0.4, -0.2) is 31.1 Å². The molecule has 1 aromatic rings. The second-order valence-electron chi connectivity index (χ2n) is 4.36. The van der Waals surface area contributed by atoms with Crippen molar-refractivity contribution in [1.82, 2.24) is 0 Å². The molecule has 8 heteroatoms. The lowest BCUT2D eigenvalue weighted by atomic mass is 10.1. The summed E-state index contributed by atoms with van der Waals surface area (Å²) in [6.07, 6.45) is 0.168. The van der Waals surface area contributed by atoms with Crippen LogP contribution in [0.4, 0.5) is 4.39 Å². The van der Waals surface area contributed by atoms with E-state index >= 15 is 0 Å². The van der Waals surface area contributed by atoms with Crippen molar-refractivity contribution in [2.45, 2.75) is 27.2 Å². The first-order valence-corrected chi connectivity index (χ1v) is 7.21. The summed E-state index contributed by atoms with van der Waals surface area (Å²) in [6.45, 7) is 4.00. The third kappa shape index (κ3) is 4.92. The molecule has 0 fully saturated rings. The summed E-state index contributed by atoms with van der Waals surface area (Å²) >= 11 is 6.02. The molecule has 0 aliphatic carbocycles. The Morgan fingerprint density at radius 3 is 2.43 bits per heavy atom. The molecule has 0 amide bonds. The van der Waals surface area contributed by atoms with E-state index in [4.69, 9.17) is 21.1 Å². The van der Waals surface area contributed by atoms with Crippen LogP contribution in [0.15, 0.2) is 6.07 Å². The van der Waals surface area contributed by atoms with E-state index in [1.165, 1.54) is 0 Å². The highest BCUT2D eigenvalue weighted by molar-refractivity contribution is 6.33. The lowest BCUT2D eigenvalue weighted by molar-refractivity contribution is -0.145. The topological polar surface area (TPSA) is 78.9 Å². The van der Waals surface area contributed by atoms with Crippen LogP contribution in [0.2, 0.25) is 5.02 Å². The van der Waals surface area contributed by atoms with E-state index in [0.29, 0.717) is 0 Å². The van der Waals surface area contributed by atoms with Gasteiger partial charge in [-0.15, -0.1) is 0 Å². The van der Waals surface area contributed by atoms with Gasteiger partial charge in [-0.3, -0.25) is 4.79 Å². The van der Waals surface area contributed by atoms with Gasteiger partial charge < -0.3 is 14.2 Å². The Balaban J connectivity index is 3.17. The van der Waals surface area contributed by atoms with Gasteiger partial charge in [-0.25, -0.2) is 14.0 Å². The molecule has 23 heavy (non-hydrogen) atoms. The molecule has 0 unspecified atom stereocenters. The van der Waals surface area contributed by atoms with Crippen molar-refractivity contribution >= 4 is 29.5 Å². The third-order valence-electron chi connectivity index (χ3n) is 2.72. The fourth-order valence-corrected chi connectivity index (χ4v) is 2.08. The van der Waals surface area contributed by atoms with Crippen LogP contribution in [0.5, 0.6) is 5.75 Å². The minimum atomic E-state index is -1.16. The number of hydrogen-bond acceptors (Lipinski definition) is 6. The van der Waals surface area contributed by atoms with E-state index < -0.39 is 35.9 Å². The molecule has 0 saturated heterocycles. The number of ether oxygens (including phenoxy) is 3. The molecule has 0 N–H and O–H groups in total. The fraction of sp³-hybridized carbons (Fsp3) is 0.400. The summed E-state index contributed by atoms with van der Waals surface area (Å²) in [5.41, 5.74) is -0.483. The Bertz CT molecular complexity index is 629. The van der Waals surface area contributed by atoms with Crippen LogP contribution in [0.25, 0.3) is 0 Å². The first-order chi connectivity index (χ1) is 10.8. The summed E-state index contributed by atoms with van der Waals surface area (Å²) in [6, 6.07) is 0.987. The number of benzene rings is 1. The molecule has 0 heterocycles. The maximum atomic E-state index is 14.3. The molecule has 1 aromatic carbocycles. The van der Waals surface area contributed by atoms with Gasteiger partial charge in [-0.1, -0.05) is 18.5 Å². The Morgan fingerprint density at radius 2 is 1.91 bits per heavy atom. The van der Waals surface area contributed by atoms with E-state index in [1.54, 1.807) is 13.8 Å². The molecular weight excluding hydrogens is 331 g/mol. The van der Waals surface area contributed by atoms with E-state index in [2.05, 4.69) is 4.74 Å². The predicted octanol–water partition coefficient (Wildman–Crippen LogP) is 2.69. The number of carbonyl (C=O) groups is 3. The Morgan fingerprint density at radius 1 is 1.26 bits per heavy atom. The summed E-state index contributed by atoms with van der Waals surface area (Å²) in [4.78, 5) is 33.9. The fourth-order valence-electron chi connectivity index (χ4n) is 1.75. The van der Waals surface area contributed by atoms with Crippen LogP contribution in [-0.2, 0) is 25.5 Å². The normalized spacial score (nSPS) is 10.1. The van der Waals surface area contributed by atoms with Gasteiger partial charge in [0.25, 0.3) is 0 Å². The standard InChI is InChI=1S/C15H16ClFO6/c1-4-9-13(16)11(22-7-12(19)21-5-2)6-10(14(9)17)15(20)23-8(3)18/h6H,4-5,7H2,1-3H3. The number of carbonyl (C=O) groups excluding carboxylic acids is 3. The molecule has 1 rings (SSSR count). The highest BCUT2D eigenvalue weighted by Gasteiger charge is 2.23. The second kappa shape index (κ2) is 8.47. The van der Waals surface area contributed by atoms with Gasteiger partial charge in [-0.2, -0.15) is 0 Å². The minimum Gasteiger partial charge on any atom is -0.480 e. The second-order valence-corrected chi connectivity index (χ2v) is 4.74. The monoisotopic (exact) mass is 346 g/mol. The Labute approximate surface area is 137 Å². The average molecular weight is 347 g/mol. The van der Waals surface area contributed by atoms with Gasteiger partial charge in [-0.05, 0) is 19.4 Å². The zero-order valence-electron chi connectivity index (χ0n) is 12.9. The summed E-state index contributed by atoms with van der Waals surface area (Å²) in [5, 5.41) is -0.0614. The molecule has 0 atom stereocenters. The van der Waals surface area contributed by atoms with Gasteiger partial charge in [0.1, 0.15) is 11.6 Å². The maximum absolute atomic E-state index is 14.3. The minimum absolute atomic E-state index is 0.0172. The lowest BCUT2D eigenvalue weighted by Crippen LogP contribution is -2.17. The average Bonchev–Trinajstić information content (AvgIpc) is 2.46. The predicted molar refractivity (Wildman–Crippen MR) is 79.0 cm³/mol. The van der Waals surface area contributed by atoms with Crippen LogP contribution in [0.3, 0.4) is 0 Å². The number of hydrogen-bond donors (Lipinski definition) is 0. The molecule has 126 valence electrons. The van der Waals surface area contributed by atoms with Crippen LogP contribution in [0, 0.1) is 5.82 Å². The summed E-state index contributed by atoms with van der Waals surface area (Å²) < 4.78 is 28.5. The molecule has 0 spiro atoms. The largest absolute Gasteiger partial charge is 0.480 e. The molecule has 0 saturated carbocycles. The summed E-state index contributed by atoms with van der Waals surface area (Å²) in [7, 11) is 0. The summed E-state index contributed by atoms with van der Waals surface area (Å²) in [5.74, 6) is -3.65. The number of esters is 3. The van der Waals surface area contributed by atoms with Crippen LogP contribution >= 0.6 is 11.6 Å². The van der Waals surface area contributed by atoms with E-state index in [-0.39, 0.29) is 29.4 Å². The van der Waals surface area contributed by atoms with Crippen molar-refractivity contribution in [3.05, 3.63) is 28.0 Å². The Kier molecular flexibility index (Phi) is 6.96.